The largest absolute Gasteiger partial charge is 0.296 e. The van der Waals surface area contributed by atoms with Crippen LogP contribution in [0.3, 0.4) is 0 Å². The standard InChI is InChI=1S/C12H13ClN4OS/c1-3-8-5-7(6-9(13)14-8)11(18)15-12-17-16-10(4-2)19-12/h5-6H,3-4H2,1-2H3,(H,15,17,18). The Balaban J connectivity index is 2.17. The zero-order chi connectivity index (χ0) is 13.8. The number of anilines is 1. The van der Waals surface area contributed by atoms with E-state index in [9.17, 15) is 4.79 Å². The molecule has 0 spiro atoms. The van der Waals surface area contributed by atoms with Crippen LogP contribution in [0.15, 0.2) is 12.1 Å². The topological polar surface area (TPSA) is 67.8 Å². The van der Waals surface area contributed by atoms with Gasteiger partial charge in [0.15, 0.2) is 0 Å². The number of nitrogens with zero attached hydrogens (tertiary/aromatic N) is 3. The van der Waals surface area contributed by atoms with Crippen molar-refractivity contribution in [3.63, 3.8) is 0 Å². The van der Waals surface area contributed by atoms with Gasteiger partial charge in [-0.05, 0) is 25.0 Å². The zero-order valence-corrected chi connectivity index (χ0v) is 12.2. The molecule has 0 atom stereocenters. The highest BCUT2D eigenvalue weighted by Gasteiger charge is 2.11. The first-order chi connectivity index (χ1) is 9.12. The molecule has 7 heteroatoms. The van der Waals surface area contributed by atoms with Gasteiger partial charge in [-0.15, -0.1) is 10.2 Å². The van der Waals surface area contributed by atoms with E-state index in [2.05, 4.69) is 20.5 Å². The average molecular weight is 297 g/mol. The third-order valence-corrected chi connectivity index (χ3v) is 3.64. The van der Waals surface area contributed by atoms with Gasteiger partial charge in [0.25, 0.3) is 5.91 Å². The fourth-order valence-corrected chi connectivity index (χ4v) is 2.38. The molecular formula is C12H13ClN4OS. The second-order valence-electron chi connectivity index (χ2n) is 3.83. The fourth-order valence-electron chi connectivity index (χ4n) is 1.48. The van der Waals surface area contributed by atoms with Gasteiger partial charge in [0.2, 0.25) is 5.13 Å². The SMILES string of the molecule is CCc1cc(C(=O)Nc2nnc(CC)s2)cc(Cl)n1. The van der Waals surface area contributed by atoms with Gasteiger partial charge in [-0.2, -0.15) is 0 Å². The molecule has 100 valence electrons. The molecule has 0 aliphatic carbocycles. The summed E-state index contributed by atoms with van der Waals surface area (Å²) < 4.78 is 0. The first-order valence-electron chi connectivity index (χ1n) is 5.92. The molecule has 0 saturated heterocycles. The van der Waals surface area contributed by atoms with Crippen molar-refractivity contribution < 1.29 is 4.79 Å². The van der Waals surface area contributed by atoms with Gasteiger partial charge in [0, 0.05) is 11.3 Å². The van der Waals surface area contributed by atoms with Crippen LogP contribution in [-0.2, 0) is 12.8 Å². The number of carbonyl (C=O) groups excluding carboxylic acids is 1. The van der Waals surface area contributed by atoms with Crippen LogP contribution in [0.4, 0.5) is 5.13 Å². The minimum Gasteiger partial charge on any atom is -0.296 e. The number of carbonyl (C=O) groups is 1. The smallest absolute Gasteiger partial charge is 0.257 e. The molecule has 1 amide bonds. The van der Waals surface area contributed by atoms with E-state index in [1.165, 1.54) is 17.4 Å². The lowest BCUT2D eigenvalue weighted by molar-refractivity contribution is 0.102. The van der Waals surface area contributed by atoms with Crippen LogP contribution in [0, 0.1) is 0 Å². The Labute approximate surface area is 120 Å². The van der Waals surface area contributed by atoms with E-state index in [0.29, 0.717) is 15.8 Å². The van der Waals surface area contributed by atoms with E-state index < -0.39 is 0 Å². The summed E-state index contributed by atoms with van der Waals surface area (Å²) in [5.74, 6) is -0.252. The maximum atomic E-state index is 12.1. The summed E-state index contributed by atoms with van der Waals surface area (Å²) in [6.45, 7) is 3.95. The van der Waals surface area contributed by atoms with Crippen molar-refractivity contribution >= 4 is 34.0 Å². The molecule has 5 nitrogen and oxygen atoms in total. The Morgan fingerprint density at radius 1 is 1.32 bits per heavy atom. The van der Waals surface area contributed by atoms with E-state index >= 15 is 0 Å². The Hall–Kier alpha value is -1.53. The monoisotopic (exact) mass is 296 g/mol. The molecule has 2 rings (SSSR count). The highest BCUT2D eigenvalue weighted by Crippen LogP contribution is 2.18. The van der Waals surface area contributed by atoms with Gasteiger partial charge in [0.1, 0.15) is 10.2 Å². The summed E-state index contributed by atoms with van der Waals surface area (Å²) in [5, 5.41) is 12.3. The molecule has 0 fully saturated rings. The van der Waals surface area contributed by atoms with Crippen molar-refractivity contribution in [1.29, 1.82) is 0 Å². The van der Waals surface area contributed by atoms with Crippen LogP contribution >= 0.6 is 22.9 Å². The molecule has 2 heterocycles. The number of aryl methyl sites for hydroxylation is 2. The third-order valence-electron chi connectivity index (χ3n) is 2.46. The van der Waals surface area contributed by atoms with Crippen molar-refractivity contribution in [2.75, 3.05) is 5.32 Å². The van der Waals surface area contributed by atoms with Crippen LogP contribution in [0.1, 0.15) is 34.9 Å². The van der Waals surface area contributed by atoms with Crippen LogP contribution in [0.5, 0.6) is 0 Å². The molecule has 0 saturated carbocycles. The highest BCUT2D eigenvalue weighted by atomic mass is 35.5. The van der Waals surface area contributed by atoms with Gasteiger partial charge in [0.05, 0.1) is 0 Å². The molecule has 0 aliphatic heterocycles. The van der Waals surface area contributed by atoms with Gasteiger partial charge < -0.3 is 0 Å². The van der Waals surface area contributed by atoms with Crippen LogP contribution in [0.2, 0.25) is 5.15 Å². The van der Waals surface area contributed by atoms with E-state index in [-0.39, 0.29) is 5.91 Å². The van der Waals surface area contributed by atoms with E-state index in [4.69, 9.17) is 11.6 Å². The van der Waals surface area contributed by atoms with Crippen LogP contribution < -0.4 is 5.32 Å². The summed E-state index contributed by atoms with van der Waals surface area (Å²) in [6.07, 6.45) is 1.52. The number of halogens is 1. The molecule has 0 radical (unpaired) electrons. The minimum absolute atomic E-state index is 0.252. The molecule has 0 unspecified atom stereocenters. The average Bonchev–Trinajstić information content (AvgIpc) is 2.85. The number of amides is 1. The molecule has 0 bridgehead atoms. The normalized spacial score (nSPS) is 10.5. The van der Waals surface area contributed by atoms with Crippen LogP contribution in [-0.4, -0.2) is 21.1 Å². The molecule has 1 N–H and O–H groups in total. The lowest BCUT2D eigenvalue weighted by Gasteiger charge is -2.04. The zero-order valence-electron chi connectivity index (χ0n) is 10.6. The van der Waals surface area contributed by atoms with Crippen molar-refractivity contribution in [1.82, 2.24) is 15.2 Å². The number of aromatic nitrogens is 3. The maximum Gasteiger partial charge on any atom is 0.257 e. The highest BCUT2D eigenvalue weighted by molar-refractivity contribution is 7.15. The van der Waals surface area contributed by atoms with Crippen molar-refractivity contribution in [3.8, 4) is 0 Å². The summed E-state index contributed by atoms with van der Waals surface area (Å²) in [5.41, 5.74) is 1.26. The molecular weight excluding hydrogens is 284 g/mol. The maximum absolute atomic E-state index is 12.1. The van der Waals surface area contributed by atoms with Crippen LogP contribution in [0.25, 0.3) is 0 Å². The van der Waals surface area contributed by atoms with Gasteiger partial charge in [-0.3, -0.25) is 10.1 Å². The molecule has 2 aromatic rings. The molecule has 0 aromatic carbocycles. The Kier molecular flexibility index (Phi) is 4.44. The third kappa shape index (κ3) is 3.48. The minimum atomic E-state index is -0.252. The Morgan fingerprint density at radius 2 is 2.11 bits per heavy atom. The fraction of sp³-hybridized carbons (Fsp3) is 0.333. The molecule has 19 heavy (non-hydrogen) atoms. The number of nitrogens with one attached hydrogen (secondary N) is 1. The second kappa shape index (κ2) is 6.08. The quantitative estimate of drug-likeness (QED) is 0.881. The van der Waals surface area contributed by atoms with E-state index in [0.717, 1.165) is 23.5 Å². The lowest BCUT2D eigenvalue weighted by Crippen LogP contribution is -2.12. The predicted octanol–water partition coefficient (Wildman–Crippen LogP) is 2.96. The lowest BCUT2D eigenvalue weighted by atomic mass is 10.2. The number of hydrogen-bond donors (Lipinski definition) is 1. The first-order valence-corrected chi connectivity index (χ1v) is 7.12. The summed E-state index contributed by atoms with van der Waals surface area (Å²) in [6, 6.07) is 3.26. The predicted molar refractivity (Wildman–Crippen MR) is 75.9 cm³/mol. The van der Waals surface area contributed by atoms with Crippen molar-refractivity contribution in [2.24, 2.45) is 0 Å². The van der Waals surface area contributed by atoms with E-state index in [1.807, 2.05) is 13.8 Å². The molecule has 2 aromatic heterocycles. The number of hydrogen-bond acceptors (Lipinski definition) is 5. The van der Waals surface area contributed by atoms with Crippen molar-refractivity contribution in [3.05, 3.63) is 33.6 Å². The second-order valence-corrected chi connectivity index (χ2v) is 5.28. The first kappa shape index (κ1) is 13.9. The summed E-state index contributed by atoms with van der Waals surface area (Å²) >= 11 is 7.25. The Bertz CT molecular complexity index is 599. The number of pyridine rings is 1. The van der Waals surface area contributed by atoms with E-state index in [1.54, 1.807) is 6.07 Å². The number of rotatable bonds is 4. The van der Waals surface area contributed by atoms with Crippen molar-refractivity contribution in [2.45, 2.75) is 26.7 Å². The van der Waals surface area contributed by atoms with Gasteiger partial charge >= 0.3 is 0 Å². The Morgan fingerprint density at radius 3 is 2.74 bits per heavy atom. The van der Waals surface area contributed by atoms with Gasteiger partial charge in [-0.1, -0.05) is 36.8 Å². The summed E-state index contributed by atoms with van der Waals surface area (Å²) in [7, 11) is 0. The van der Waals surface area contributed by atoms with Gasteiger partial charge in [-0.25, -0.2) is 4.98 Å². The summed E-state index contributed by atoms with van der Waals surface area (Å²) in [4.78, 5) is 16.2. The molecule has 0 aliphatic rings.